The Balaban J connectivity index is -0.000000152. The Kier molecular flexibility index (Phi) is 18.2. The quantitative estimate of drug-likeness (QED) is 0.522. The van der Waals surface area contributed by atoms with E-state index in [1.807, 2.05) is 13.8 Å². The molecule has 0 saturated carbocycles. The maximum atomic E-state index is 2.26. The normalized spacial score (nSPS) is 9.86. The Morgan fingerprint density at radius 3 is 1.07 bits per heavy atom. The summed E-state index contributed by atoms with van der Waals surface area (Å²) in [6, 6.07) is 0. The van der Waals surface area contributed by atoms with Gasteiger partial charge in [-0.1, -0.05) is 81.6 Å². The van der Waals surface area contributed by atoms with Crippen molar-refractivity contribution < 1.29 is 0 Å². The lowest BCUT2D eigenvalue weighted by Gasteiger charge is -2.22. The Labute approximate surface area is 93.5 Å². The summed E-state index contributed by atoms with van der Waals surface area (Å²) >= 11 is 0. The molecule has 90 valence electrons. The summed E-state index contributed by atoms with van der Waals surface area (Å²) in [4.78, 5) is 0. The van der Waals surface area contributed by atoms with Gasteiger partial charge in [-0.15, -0.1) is 0 Å². The summed E-state index contributed by atoms with van der Waals surface area (Å²) in [7, 11) is 0. The van der Waals surface area contributed by atoms with Gasteiger partial charge >= 0.3 is 0 Å². The highest BCUT2D eigenvalue weighted by Gasteiger charge is 2.13. The van der Waals surface area contributed by atoms with Crippen molar-refractivity contribution in [3.8, 4) is 0 Å². The molecule has 0 N–H and O–H groups in total. The van der Waals surface area contributed by atoms with Crippen LogP contribution in [0.25, 0.3) is 0 Å². The van der Waals surface area contributed by atoms with Crippen molar-refractivity contribution in [1.82, 2.24) is 0 Å². The maximum absolute atomic E-state index is 2.26. The minimum absolute atomic E-state index is 0.500. The van der Waals surface area contributed by atoms with E-state index >= 15 is 0 Å². The fourth-order valence-corrected chi connectivity index (χ4v) is 0.354. The fraction of sp³-hybridized carbons (Fsp3) is 1.00. The van der Waals surface area contributed by atoms with Crippen LogP contribution in [-0.4, -0.2) is 0 Å². The smallest absolute Gasteiger partial charge is 0.0360 e. The van der Waals surface area contributed by atoms with E-state index in [4.69, 9.17) is 0 Å². The van der Waals surface area contributed by atoms with E-state index in [0.717, 1.165) is 5.92 Å². The average molecular weight is 202 g/mol. The Morgan fingerprint density at radius 1 is 0.857 bits per heavy atom. The second-order valence-electron chi connectivity index (χ2n) is 4.87. The minimum atomic E-state index is 0.500. The first-order valence-corrected chi connectivity index (χ1v) is 6.36. The molecule has 0 amide bonds. The second-order valence-corrected chi connectivity index (χ2v) is 4.87. The van der Waals surface area contributed by atoms with Gasteiger partial charge in [0.15, 0.2) is 0 Å². The van der Waals surface area contributed by atoms with Crippen molar-refractivity contribution in [2.45, 2.75) is 81.6 Å². The average Bonchev–Trinajstić information content (AvgIpc) is 2.08. The summed E-state index contributed by atoms with van der Waals surface area (Å²) in [6.07, 6.45) is 4.08. The molecule has 0 rings (SSSR count). The van der Waals surface area contributed by atoms with E-state index in [9.17, 15) is 0 Å². The van der Waals surface area contributed by atoms with Crippen molar-refractivity contribution in [2.24, 2.45) is 11.3 Å². The predicted molar refractivity (Wildman–Crippen MR) is 70.8 cm³/mol. The van der Waals surface area contributed by atoms with Gasteiger partial charge in [0.25, 0.3) is 0 Å². The number of hydrogen-bond donors (Lipinski definition) is 0. The van der Waals surface area contributed by atoms with Gasteiger partial charge in [0.2, 0.25) is 0 Å². The Bertz CT molecular complexity index is 72.5. The van der Waals surface area contributed by atoms with Gasteiger partial charge in [-0.25, -0.2) is 0 Å². The van der Waals surface area contributed by atoms with E-state index in [1.165, 1.54) is 19.3 Å². The third-order valence-electron chi connectivity index (χ3n) is 2.44. The van der Waals surface area contributed by atoms with Crippen LogP contribution < -0.4 is 0 Å². The molecule has 0 atom stereocenters. The van der Waals surface area contributed by atoms with E-state index in [0.29, 0.717) is 5.41 Å². The highest BCUT2D eigenvalue weighted by Crippen LogP contribution is 2.23. The van der Waals surface area contributed by atoms with Crippen molar-refractivity contribution in [1.29, 1.82) is 0 Å². The van der Waals surface area contributed by atoms with Crippen LogP contribution in [0.2, 0.25) is 0 Å². The molecular formula is C14H34. The fourth-order valence-electron chi connectivity index (χ4n) is 0.354. The van der Waals surface area contributed by atoms with Gasteiger partial charge in [-0.2, -0.15) is 0 Å². The number of rotatable bonds is 2. The standard InChI is InChI=1S/C7H16.C5H12.C2H6/c1-6(2)7(3,4)5;1-3-5-4-2;1-2/h6H,1-5H3;3-5H2,1-2H3;1-2H3. The molecular weight excluding hydrogens is 168 g/mol. The predicted octanol–water partition coefficient (Wildman–Crippen LogP) is 5.91. The molecule has 14 heavy (non-hydrogen) atoms. The van der Waals surface area contributed by atoms with Gasteiger partial charge in [0, 0.05) is 0 Å². The van der Waals surface area contributed by atoms with Crippen LogP contribution in [0.5, 0.6) is 0 Å². The summed E-state index contributed by atoms with van der Waals surface area (Å²) in [5, 5.41) is 0. The molecule has 0 heteroatoms. The van der Waals surface area contributed by atoms with Crippen LogP contribution in [0.15, 0.2) is 0 Å². The van der Waals surface area contributed by atoms with Crippen LogP contribution in [0, 0.1) is 11.3 Å². The third kappa shape index (κ3) is 22.7. The van der Waals surface area contributed by atoms with Crippen LogP contribution in [0.1, 0.15) is 81.6 Å². The van der Waals surface area contributed by atoms with Gasteiger partial charge in [0.05, 0.1) is 0 Å². The Morgan fingerprint density at radius 2 is 1.07 bits per heavy atom. The highest BCUT2D eigenvalue weighted by molar-refractivity contribution is 4.64. The van der Waals surface area contributed by atoms with E-state index in [1.54, 1.807) is 0 Å². The lowest BCUT2D eigenvalue weighted by Crippen LogP contribution is -2.12. The number of hydrogen-bond acceptors (Lipinski definition) is 0. The first kappa shape index (κ1) is 19.6. The topological polar surface area (TPSA) is 0 Å². The second kappa shape index (κ2) is 13.0. The molecule has 0 heterocycles. The van der Waals surface area contributed by atoms with Gasteiger partial charge in [-0.05, 0) is 11.3 Å². The largest absolute Gasteiger partial charge is 0.0683 e. The van der Waals surface area contributed by atoms with Gasteiger partial charge in [0.1, 0.15) is 0 Å². The lowest BCUT2D eigenvalue weighted by molar-refractivity contribution is 0.283. The zero-order chi connectivity index (χ0) is 12.2. The van der Waals surface area contributed by atoms with Crippen LogP contribution in [0.4, 0.5) is 0 Å². The van der Waals surface area contributed by atoms with Crippen molar-refractivity contribution in [2.75, 3.05) is 0 Å². The summed E-state index contributed by atoms with van der Waals surface area (Å²) in [5.74, 6) is 0.799. The van der Waals surface area contributed by atoms with Crippen LogP contribution >= 0.6 is 0 Å². The highest BCUT2D eigenvalue weighted by atomic mass is 14.2. The zero-order valence-corrected chi connectivity index (χ0v) is 12.2. The first-order chi connectivity index (χ1) is 6.36. The van der Waals surface area contributed by atoms with Crippen LogP contribution in [0.3, 0.4) is 0 Å². The molecule has 0 aromatic carbocycles. The molecule has 0 bridgehead atoms. The molecule has 0 nitrogen and oxygen atoms in total. The molecule has 0 saturated heterocycles. The van der Waals surface area contributed by atoms with E-state index in [2.05, 4.69) is 48.5 Å². The zero-order valence-electron chi connectivity index (χ0n) is 12.2. The summed E-state index contributed by atoms with van der Waals surface area (Å²) < 4.78 is 0. The summed E-state index contributed by atoms with van der Waals surface area (Å²) in [5.41, 5.74) is 0.500. The van der Waals surface area contributed by atoms with Gasteiger partial charge in [-0.3, -0.25) is 0 Å². The molecule has 0 aliphatic heterocycles. The molecule has 0 fully saturated rings. The summed E-state index contributed by atoms with van der Waals surface area (Å²) in [6.45, 7) is 19.7. The van der Waals surface area contributed by atoms with Crippen molar-refractivity contribution in [3.63, 3.8) is 0 Å². The first-order valence-electron chi connectivity index (χ1n) is 6.36. The molecule has 0 radical (unpaired) electrons. The Hall–Kier alpha value is 0. The van der Waals surface area contributed by atoms with Crippen LogP contribution in [-0.2, 0) is 0 Å². The maximum Gasteiger partial charge on any atom is -0.0360 e. The van der Waals surface area contributed by atoms with E-state index < -0.39 is 0 Å². The van der Waals surface area contributed by atoms with Gasteiger partial charge < -0.3 is 0 Å². The SMILES string of the molecule is CC.CC(C)C(C)(C)C.CCCCC. The number of unbranched alkanes of at least 4 members (excludes halogenated alkanes) is 2. The lowest BCUT2D eigenvalue weighted by atomic mass is 9.84. The molecule has 0 aromatic rings. The third-order valence-corrected chi connectivity index (χ3v) is 2.44. The molecule has 0 aliphatic carbocycles. The molecule has 0 aromatic heterocycles. The molecule has 0 spiro atoms. The molecule has 0 aliphatic rings. The van der Waals surface area contributed by atoms with Crippen molar-refractivity contribution >= 4 is 0 Å². The van der Waals surface area contributed by atoms with E-state index in [-0.39, 0.29) is 0 Å². The minimum Gasteiger partial charge on any atom is -0.0683 e. The van der Waals surface area contributed by atoms with Crippen molar-refractivity contribution in [3.05, 3.63) is 0 Å². The molecule has 0 unspecified atom stereocenters. The monoisotopic (exact) mass is 202 g/mol.